The highest BCUT2D eigenvalue weighted by Gasteiger charge is 2.31. The summed E-state index contributed by atoms with van der Waals surface area (Å²) in [5, 5.41) is 19.6. The Hall–Kier alpha value is -1.12. The van der Waals surface area contributed by atoms with Crippen molar-refractivity contribution in [2.24, 2.45) is 0 Å². The third-order valence-electron chi connectivity index (χ3n) is 5.00. The SMILES string of the molecule is C=C(C)C(O)CCC1Cc2c1ccc1c2CCC(O)C1. The number of hydrogen-bond acceptors (Lipinski definition) is 2. The molecule has 20 heavy (non-hydrogen) atoms. The molecule has 108 valence electrons. The summed E-state index contributed by atoms with van der Waals surface area (Å²) < 4.78 is 0. The lowest BCUT2D eigenvalue weighted by Crippen LogP contribution is -2.26. The van der Waals surface area contributed by atoms with Gasteiger partial charge < -0.3 is 10.2 Å². The van der Waals surface area contributed by atoms with Gasteiger partial charge in [0.15, 0.2) is 0 Å². The lowest BCUT2D eigenvalue weighted by atomic mass is 9.69. The molecule has 0 aromatic heterocycles. The Bertz CT molecular complexity index is 532. The molecular formula is C18H24O2. The Labute approximate surface area is 121 Å². The van der Waals surface area contributed by atoms with Crippen LogP contribution in [-0.2, 0) is 19.3 Å². The third-order valence-corrected chi connectivity index (χ3v) is 5.00. The fourth-order valence-electron chi connectivity index (χ4n) is 3.64. The number of hydrogen-bond donors (Lipinski definition) is 2. The molecule has 0 aliphatic heterocycles. The van der Waals surface area contributed by atoms with Gasteiger partial charge in [-0.05, 0) is 73.6 Å². The first kappa shape index (κ1) is 13.8. The molecule has 0 radical (unpaired) electrons. The summed E-state index contributed by atoms with van der Waals surface area (Å²) in [7, 11) is 0. The molecule has 0 amide bonds. The van der Waals surface area contributed by atoms with Crippen molar-refractivity contribution < 1.29 is 10.2 Å². The molecule has 0 fully saturated rings. The van der Waals surface area contributed by atoms with Crippen molar-refractivity contribution in [3.05, 3.63) is 46.5 Å². The van der Waals surface area contributed by atoms with Gasteiger partial charge in [-0.2, -0.15) is 0 Å². The van der Waals surface area contributed by atoms with E-state index in [-0.39, 0.29) is 12.2 Å². The number of benzene rings is 1. The van der Waals surface area contributed by atoms with Gasteiger partial charge in [0.1, 0.15) is 0 Å². The Morgan fingerprint density at radius 3 is 2.90 bits per heavy atom. The summed E-state index contributed by atoms with van der Waals surface area (Å²) in [6, 6.07) is 4.45. The van der Waals surface area contributed by atoms with E-state index in [1.165, 1.54) is 22.3 Å². The Morgan fingerprint density at radius 2 is 2.15 bits per heavy atom. The molecule has 2 aliphatic carbocycles. The summed E-state index contributed by atoms with van der Waals surface area (Å²) in [6.07, 6.45) is 5.26. The Morgan fingerprint density at radius 1 is 1.35 bits per heavy atom. The zero-order valence-corrected chi connectivity index (χ0v) is 12.2. The number of aliphatic hydroxyl groups is 2. The van der Waals surface area contributed by atoms with E-state index >= 15 is 0 Å². The van der Waals surface area contributed by atoms with Gasteiger partial charge in [0.2, 0.25) is 0 Å². The van der Waals surface area contributed by atoms with Gasteiger partial charge in [0.25, 0.3) is 0 Å². The van der Waals surface area contributed by atoms with Gasteiger partial charge in [-0.1, -0.05) is 24.3 Å². The summed E-state index contributed by atoms with van der Waals surface area (Å²) in [4.78, 5) is 0. The number of aliphatic hydroxyl groups excluding tert-OH is 2. The van der Waals surface area contributed by atoms with Crippen molar-refractivity contribution in [2.75, 3.05) is 0 Å². The van der Waals surface area contributed by atoms with Crippen LogP contribution < -0.4 is 0 Å². The van der Waals surface area contributed by atoms with Crippen molar-refractivity contribution in [1.82, 2.24) is 0 Å². The second kappa shape index (κ2) is 5.34. The van der Waals surface area contributed by atoms with Crippen LogP contribution >= 0.6 is 0 Å². The smallest absolute Gasteiger partial charge is 0.0745 e. The Kier molecular flexibility index (Phi) is 3.70. The van der Waals surface area contributed by atoms with Crippen LogP contribution in [-0.4, -0.2) is 22.4 Å². The lowest BCUT2D eigenvalue weighted by Gasteiger charge is -2.36. The second-order valence-electron chi connectivity index (χ2n) is 6.51. The molecule has 2 N–H and O–H groups in total. The van der Waals surface area contributed by atoms with Gasteiger partial charge in [-0.15, -0.1) is 0 Å². The quantitative estimate of drug-likeness (QED) is 0.827. The first-order valence-corrected chi connectivity index (χ1v) is 7.71. The molecule has 2 nitrogen and oxygen atoms in total. The van der Waals surface area contributed by atoms with E-state index in [1.54, 1.807) is 0 Å². The van der Waals surface area contributed by atoms with Crippen LogP contribution in [0.3, 0.4) is 0 Å². The molecule has 1 aromatic rings. The molecule has 0 heterocycles. The molecule has 0 saturated heterocycles. The average molecular weight is 272 g/mol. The first-order chi connectivity index (χ1) is 9.56. The summed E-state index contributed by atoms with van der Waals surface area (Å²) in [5.74, 6) is 0.608. The topological polar surface area (TPSA) is 40.5 Å². The van der Waals surface area contributed by atoms with Gasteiger partial charge in [-0.3, -0.25) is 0 Å². The predicted molar refractivity (Wildman–Crippen MR) is 81.0 cm³/mol. The molecule has 3 atom stereocenters. The maximum atomic E-state index is 9.84. The van der Waals surface area contributed by atoms with E-state index in [2.05, 4.69) is 18.7 Å². The first-order valence-electron chi connectivity index (χ1n) is 7.71. The Balaban J connectivity index is 1.69. The monoisotopic (exact) mass is 272 g/mol. The molecule has 0 spiro atoms. The van der Waals surface area contributed by atoms with Crippen molar-refractivity contribution >= 4 is 0 Å². The standard InChI is InChI=1S/C18H24O2/c1-11(2)18(20)8-4-13-10-17-15(13)6-3-12-9-14(19)5-7-16(12)17/h3,6,13-14,18-20H,1,4-5,7-10H2,2H3. The van der Waals surface area contributed by atoms with Gasteiger partial charge >= 0.3 is 0 Å². The van der Waals surface area contributed by atoms with Crippen LogP contribution in [0.2, 0.25) is 0 Å². The van der Waals surface area contributed by atoms with Crippen LogP contribution in [0.5, 0.6) is 0 Å². The molecule has 0 bridgehead atoms. The van der Waals surface area contributed by atoms with Gasteiger partial charge in [0.05, 0.1) is 12.2 Å². The van der Waals surface area contributed by atoms with Crippen molar-refractivity contribution in [2.45, 2.75) is 63.6 Å². The van der Waals surface area contributed by atoms with E-state index in [4.69, 9.17) is 0 Å². The van der Waals surface area contributed by atoms with E-state index in [9.17, 15) is 10.2 Å². The number of fused-ring (bicyclic) bond motifs is 3. The van der Waals surface area contributed by atoms with Gasteiger partial charge in [-0.25, -0.2) is 0 Å². The zero-order chi connectivity index (χ0) is 14.3. The van der Waals surface area contributed by atoms with Crippen LogP contribution in [0.25, 0.3) is 0 Å². The van der Waals surface area contributed by atoms with Crippen LogP contribution in [0.15, 0.2) is 24.3 Å². The fraction of sp³-hybridized carbons (Fsp3) is 0.556. The minimum absolute atomic E-state index is 0.151. The minimum atomic E-state index is -0.355. The molecule has 0 saturated carbocycles. The van der Waals surface area contributed by atoms with Crippen molar-refractivity contribution in [1.29, 1.82) is 0 Å². The summed E-state index contributed by atoms with van der Waals surface area (Å²) in [6.45, 7) is 5.70. The van der Waals surface area contributed by atoms with E-state index in [1.807, 2.05) is 6.92 Å². The summed E-state index contributed by atoms with van der Waals surface area (Å²) in [5.41, 5.74) is 6.73. The predicted octanol–water partition coefficient (Wildman–Crippen LogP) is 2.89. The van der Waals surface area contributed by atoms with Crippen molar-refractivity contribution in [3.63, 3.8) is 0 Å². The molecule has 3 unspecified atom stereocenters. The van der Waals surface area contributed by atoms with E-state index < -0.39 is 0 Å². The zero-order valence-electron chi connectivity index (χ0n) is 12.2. The lowest BCUT2D eigenvalue weighted by molar-refractivity contribution is 0.158. The summed E-state index contributed by atoms with van der Waals surface area (Å²) >= 11 is 0. The maximum absolute atomic E-state index is 9.84. The molecule has 1 aromatic carbocycles. The fourth-order valence-corrected chi connectivity index (χ4v) is 3.64. The maximum Gasteiger partial charge on any atom is 0.0745 e. The largest absolute Gasteiger partial charge is 0.393 e. The van der Waals surface area contributed by atoms with Gasteiger partial charge in [0, 0.05) is 0 Å². The highest BCUT2D eigenvalue weighted by Crippen LogP contribution is 2.43. The second-order valence-corrected chi connectivity index (χ2v) is 6.51. The minimum Gasteiger partial charge on any atom is -0.393 e. The average Bonchev–Trinajstić information content (AvgIpc) is 2.38. The molecule has 3 rings (SSSR count). The van der Waals surface area contributed by atoms with Crippen LogP contribution in [0.4, 0.5) is 0 Å². The van der Waals surface area contributed by atoms with E-state index in [0.717, 1.165) is 44.1 Å². The molecule has 2 aliphatic rings. The normalized spacial score (nSPS) is 25.4. The highest BCUT2D eigenvalue weighted by atomic mass is 16.3. The van der Waals surface area contributed by atoms with Crippen molar-refractivity contribution in [3.8, 4) is 0 Å². The number of rotatable bonds is 4. The van der Waals surface area contributed by atoms with E-state index in [0.29, 0.717) is 5.92 Å². The molecular weight excluding hydrogens is 248 g/mol. The highest BCUT2D eigenvalue weighted by molar-refractivity contribution is 5.50. The molecule has 2 heteroatoms. The van der Waals surface area contributed by atoms with Crippen LogP contribution in [0.1, 0.15) is 54.4 Å². The third kappa shape index (κ3) is 2.43. The van der Waals surface area contributed by atoms with Crippen LogP contribution in [0, 0.1) is 0 Å².